The number of carbonyl (C=O) groups is 2. The number of benzene rings is 1. The molecule has 1 N–H and O–H groups in total. The number of aromatic carboxylic acids is 1. The maximum Gasteiger partial charge on any atom is 0.410 e. The minimum atomic E-state index is -4.21. The molecule has 2 fully saturated rings. The molecule has 1 aromatic rings. The van der Waals surface area contributed by atoms with E-state index in [-0.39, 0.29) is 30.4 Å². The maximum absolute atomic E-state index is 13.1. The summed E-state index contributed by atoms with van der Waals surface area (Å²) in [6.07, 6.45) is -3.68. The Hall–Kier alpha value is -2.45. The predicted octanol–water partition coefficient (Wildman–Crippen LogP) is 5.61. The van der Waals surface area contributed by atoms with Gasteiger partial charge in [0.05, 0.1) is 18.0 Å². The second kappa shape index (κ2) is 9.19. The summed E-state index contributed by atoms with van der Waals surface area (Å²) < 4.78 is 50.7. The van der Waals surface area contributed by atoms with Gasteiger partial charge < -0.3 is 19.5 Å². The molecule has 3 rings (SSSR count). The van der Waals surface area contributed by atoms with Crippen LogP contribution in [0.5, 0.6) is 5.75 Å². The maximum atomic E-state index is 13.1. The number of hydrogen-bond donors (Lipinski definition) is 1. The van der Waals surface area contributed by atoms with E-state index in [1.165, 1.54) is 12.1 Å². The summed E-state index contributed by atoms with van der Waals surface area (Å²) in [7, 11) is 0. The van der Waals surface area contributed by atoms with Gasteiger partial charge in [0.1, 0.15) is 17.5 Å². The second-order valence-electron chi connectivity index (χ2n) is 9.60. The van der Waals surface area contributed by atoms with E-state index in [4.69, 9.17) is 9.47 Å². The lowest BCUT2D eigenvalue weighted by Crippen LogP contribution is -2.36. The van der Waals surface area contributed by atoms with Crippen LogP contribution in [-0.4, -0.2) is 53.0 Å². The first-order valence-electron chi connectivity index (χ1n) is 10.9. The Balaban J connectivity index is 1.72. The number of amides is 1. The summed E-state index contributed by atoms with van der Waals surface area (Å²) in [6, 6.07) is 4.52. The Morgan fingerprint density at radius 3 is 2.28 bits per heavy atom. The highest BCUT2D eigenvalue weighted by Crippen LogP contribution is 2.45. The van der Waals surface area contributed by atoms with Crippen LogP contribution < -0.4 is 4.74 Å². The molecular weight excluding hydrogens is 427 g/mol. The van der Waals surface area contributed by atoms with Crippen molar-refractivity contribution in [1.29, 1.82) is 0 Å². The van der Waals surface area contributed by atoms with Gasteiger partial charge in [0, 0.05) is 13.0 Å². The highest BCUT2D eigenvalue weighted by Gasteiger charge is 2.42. The topological polar surface area (TPSA) is 76.1 Å². The summed E-state index contributed by atoms with van der Waals surface area (Å²) >= 11 is 0. The third-order valence-corrected chi connectivity index (χ3v) is 5.98. The average molecular weight is 457 g/mol. The zero-order valence-corrected chi connectivity index (χ0v) is 18.6. The summed E-state index contributed by atoms with van der Waals surface area (Å²) in [5.74, 6) is -2.14. The lowest BCUT2D eigenvalue weighted by atomic mass is 9.78. The van der Waals surface area contributed by atoms with Crippen LogP contribution in [-0.2, 0) is 4.74 Å². The SMILES string of the molecule is CC(C)(C)OC(=O)N1CCC(Oc2ccc(C(=O)O)cc2C2CCC(C(F)(F)F)CC2)C1. The Morgan fingerprint density at radius 1 is 1.06 bits per heavy atom. The van der Waals surface area contributed by atoms with E-state index in [9.17, 15) is 27.9 Å². The normalized spacial score (nSPS) is 24.3. The van der Waals surface area contributed by atoms with Crippen molar-refractivity contribution in [2.24, 2.45) is 5.92 Å². The smallest absolute Gasteiger partial charge is 0.410 e. The molecule has 1 aromatic carbocycles. The number of likely N-dealkylation sites (tertiary alicyclic amines) is 1. The number of carboxylic acid groups (broad SMARTS) is 1. The molecule has 9 heteroatoms. The van der Waals surface area contributed by atoms with Crippen LogP contribution in [0.3, 0.4) is 0 Å². The van der Waals surface area contributed by atoms with Crippen LogP contribution in [0, 0.1) is 5.92 Å². The fourth-order valence-corrected chi connectivity index (χ4v) is 4.34. The van der Waals surface area contributed by atoms with Crippen molar-refractivity contribution in [1.82, 2.24) is 4.90 Å². The van der Waals surface area contributed by atoms with Crippen molar-refractivity contribution < 1.29 is 37.3 Å². The average Bonchev–Trinajstić information content (AvgIpc) is 3.15. The van der Waals surface area contributed by atoms with Crippen molar-refractivity contribution in [2.75, 3.05) is 13.1 Å². The Morgan fingerprint density at radius 2 is 1.72 bits per heavy atom. The third kappa shape index (κ3) is 6.07. The molecule has 2 aliphatic rings. The number of ether oxygens (including phenoxy) is 2. The van der Waals surface area contributed by atoms with Crippen molar-refractivity contribution in [3.8, 4) is 5.75 Å². The molecular formula is C23H30F3NO5. The molecule has 1 saturated heterocycles. The van der Waals surface area contributed by atoms with E-state index in [0.717, 1.165) is 0 Å². The van der Waals surface area contributed by atoms with Crippen LogP contribution >= 0.6 is 0 Å². The highest BCUT2D eigenvalue weighted by molar-refractivity contribution is 5.88. The number of halogens is 3. The van der Waals surface area contributed by atoms with E-state index in [1.54, 1.807) is 31.7 Å². The number of nitrogens with zero attached hydrogens (tertiary/aromatic N) is 1. The summed E-state index contributed by atoms with van der Waals surface area (Å²) in [6.45, 7) is 6.17. The summed E-state index contributed by atoms with van der Waals surface area (Å²) in [5, 5.41) is 9.37. The van der Waals surface area contributed by atoms with Gasteiger partial charge in [-0.2, -0.15) is 13.2 Å². The third-order valence-electron chi connectivity index (χ3n) is 5.98. The largest absolute Gasteiger partial charge is 0.488 e. The van der Waals surface area contributed by atoms with Crippen LogP contribution in [0.15, 0.2) is 18.2 Å². The number of rotatable bonds is 4. The van der Waals surface area contributed by atoms with Gasteiger partial charge in [-0.15, -0.1) is 0 Å². The van der Waals surface area contributed by atoms with E-state index < -0.39 is 29.8 Å². The van der Waals surface area contributed by atoms with Crippen LogP contribution in [0.2, 0.25) is 0 Å². The van der Waals surface area contributed by atoms with Crippen molar-refractivity contribution in [3.63, 3.8) is 0 Å². The van der Waals surface area contributed by atoms with Crippen molar-refractivity contribution in [3.05, 3.63) is 29.3 Å². The first-order valence-corrected chi connectivity index (χ1v) is 10.9. The highest BCUT2D eigenvalue weighted by atomic mass is 19.4. The van der Waals surface area contributed by atoms with E-state index >= 15 is 0 Å². The molecule has 178 valence electrons. The van der Waals surface area contributed by atoms with E-state index in [2.05, 4.69) is 0 Å². The van der Waals surface area contributed by atoms with Crippen LogP contribution in [0.1, 0.15) is 74.7 Å². The first kappa shape index (κ1) is 24.2. The molecule has 1 heterocycles. The van der Waals surface area contributed by atoms with Gasteiger partial charge in [-0.3, -0.25) is 0 Å². The van der Waals surface area contributed by atoms with Gasteiger partial charge in [-0.25, -0.2) is 9.59 Å². The standard InChI is InChI=1S/C23H30F3NO5/c1-22(2,3)32-21(30)27-11-10-17(13-27)31-19-9-6-15(20(28)29)12-18(19)14-4-7-16(8-5-14)23(24,25)26/h6,9,12,14,16-17H,4-5,7-8,10-11,13H2,1-3H3,(H,28,29). The lowest BCUT2D eigenvalue weighted by Gasteiger charge is -2.31. The number of carbonyl (C=O) groups excluding carboxylic acids is 1. The molecule has 6 nitrogen and oxygen atoms in total. The molecule has 32 heavy (non-hydrogen) atoms. The molecule has 1 unspecified atom stereocenters. The molecule has 1 saturated carbocycles. The van der Waals surface area contributed by atoms with Crippen molar-refractivity contribution in [2.45, 2.75) is 76.7 Å². The lowest BCUT2D eigenvalue weighted by molar-refractivity contribution is -0.182. The van der Waals surface area contributed by atoms with E-state index in [0.29, 0.717) is 43.7 Å². The Labute approximate surface area is 185 Å². The zero-order chi connectivity index (χ0) is 23.7. The number of alkyl halides is 3. The van der Waals surface area contributed by atoms with Gasteiger partial charge >= 0.3 is 18.2 Å². The molecule has 0 spiro atoms. The monoisotopic (exact) mass is 457 g/mol. The molecule has 1 aliphatic heterocycles. The zero-order valence-electron chi connectivity index (χ0n) is 18.6. The van der Waals surface area contributed by atoms with Gasteiger partial charge in [0.2, 0.25) is 0 Å². The molecule has 1 aliphatic carbocycles. The fourth-order valence-electron chi connectivity index (χ4n) is 4.34. The number of carboxylic acids is 1. The second-order valence-corrected chi connectivity index (χ2v) is 9.60. The van der Waals surface area contributed by atoms with Crippen molar-refractivity contribution >= 4 is 12.1 Å². The predicted molar refractivity (Wildman–Crippen MR) is 111 cm³/mol. The van der Waals surface area contributed by atoms with Gasteiger partial charge in [-0.05, 0) is 76.1 Å². The van der Waals surface area contributed by atoms with Gasteiger partial charge in [-0.1, -0.05) is 0 Å². The summed E-state index contributed by atoms with van der Waals surface area (Å²) in [5.41, 5.74) is 0.0961. The molecule has 0 radical (unpaired) electrons. The minimum Gasteiger partial charge on any atom is -0.488 e. The minimum absolute atomic E-state index is 0.0146. The van der Waals surface area contributed by atoms with E-state index in [1.807, 2.05) is 0 Å². The molecule has 1 atom stereocenters. The summed E-state index contributed by atoms with van der Waals surface area (Å²) in [4.78, 5) is 25.3. The Bertz CT molecular complexity index is 841. The first-order chi connectivity index (χ1) is 14.8. The van der Waals surface area contributed by atoms with Gasteiger partial charge in [0.15, 0.2) is 0 Å². The molecule has 0 bridgehead atoms. The van der Waals surface area contributed by atoms with Crippen LogP contribution in [0.4, 0.5) is 18.0 Å². The van der Waals surface area contributed by atoms with Crippen LogP contribution in [0.25, 0.3) is 0 Å². The van der Waals surface area contributed by atoms with Gasteiger partial charge in [0.25, 0.3) is 0 Å². The quantitative estimate of drug-likeness (QED) is 0.636. The fraction of sp³-hybridized carbons (Fsp3) is 0.652. The Kier molecular flexibility index (Phi) is 6.95. The molecule has 0 aromatic heterocycles. The molecule has 1 amide bonds. The number of hydrogen-bond acceptors (Lipinski definition) is 4.